The van der Waals surface area contributed by atoms with E-state index in [9.17, 15) is 4.79 Å². The van der Waals surface area contributed by atoms with Crippen LogP contribution in [0.5, 0.6) is 0 Å². The SMILES string of the molecule is CC(c1ccc(Cl)cc1)N1CCC(n2c(=O)n(C)c3ccccc32)CC1. The van der Waals surface area contributed by atoms with Gasteiger partial charge in [-0.1, -0.05) is 35.9 Å². The summed E-state index contributed by atoms with van der Waals surface area (Å²) in [5.74, 6) is 0. The Kier molecular flexibility index (Phi) is 4.63. The quantitative estimate of drug-likeness (QED) is 0.685. The highest BCUT2D eigenvalue weighted by atomic mass is 35.5. The van der Waals surface area contributed by atoms with Crippen LogP contribution in [0.4, 0.5) is 0 Å². The van der Waals surface area contributed by atoms with Crippen molar-refractivity contribution in [1.82, 2.24) is 14.0 Å². The Labute approximate surface area is 158 Å². The highest BCUT2D eigenvalue weighted by Crippen LogP contribution is 2.30. The number of hydrogen-bond acceptors (Lipinski definition) is 2. The highest BCUT2D eigenvalue weighted by Gasteiger charge is 2.27. The first-order valence-corrected chi connectivity index (χ1v) is 9.59. The molecule has 1 aliphatic heterocycles. The van der Waals surface area contributed by atoms with Crippen LogP contribution in [0.1, 0.15) is 37.4 Å². The summed E-state index contributed by atoms with van der Waals surface area (Å²) >= 11 is 6.01. The lowest BCUT2D eigenvalue weighted by molar-refractivity contribution is 0.143. The summed E-state index contributed by atoms with van der Waals surface area (Å²) in [6, 6.07) is 16.8. The van der Waals surface area contributed by atoms with E-state index in [4.69, 9.17) is 11.6 Å². The summed E-state index contributed by atoms with van der Waals surface area (Å²) in [5.41, 5.74) is 3.43. The smallest absolute Gasteiger partial charge is 0.296 e. The third kappa shape index (κ3) is 2.97. The number of nitrogens with zero attached hydrogens (tertiary/aromatic N) is 3. The standard InChI is InChI=1S/C21H24ClN3O/c1-15(16-7-9-17(22)10-8-16)24-13-11-18(12-14-24)25-20-6-4-3-5-19(20)23(2)21(25)26/h3-10,15,18H,11-14H2,1-2H3. The van der Waals surface area contributed by atoms with E-state index >= 15 is 0 Å². The number of benzene rings is 2. The first-order chi connectivity index (χ1) is 12.6. The Hall–Kier alpha value is -2.04. The molecule has 1 fully saturated rings. The number of halogens is 1. The van der Waals surface area contributed by atoms with E-state index in [0.717, 1.165) is 42.0 Å². The summed E-state index contributed by atoms with van der Waals surface area (Å²) < 4.78 is 3.76. The molecule has 3 aromatic rings. The molecule has 1 unspecified atom stereocenters. The maximum Gasteiger partial charge on any atom is 0.329 e. The molecule has 0 amide bonds. The summed E-state index contributed by atoms with van der Waals surface area (Å²) in [6.45, 7) is 4.22. The van der Waals surface area contributed by atoms with E-state index in [1.807, 2.05) is 41.9 Å². The van der Waals surface area contributed by atoms with E-state index < -0.39 is 0 Å². The Morgan fingerprint density at radius 2 is 1.62 bits per heavy atom. The van der Waals surface area contributed by atoms with Gasteiger partial charge in [0, 0.05) is 37.2 Å². The Bertz CT molecular complexity index is 965. The molecule has 26 heavy (non-hydrogen) atoms. The van der Waals surface area contributed by atoms with Crippen LogP contribution >= 0.6 is 11.6 Å². The molecule has 0 radical (unpaired) electrons. The zero-order chi connectivity index (χ0) is 18.3. The van der Waals surface area contributed by atoms with Crippen LogP contribution in [0, 0.1) is 0 Å². The molecular formula is C21H24ClN3O. The lowest BCUT2D eigenvalue weighted by Gasteiger charge is -2.36. The number of rotatable bonds is 3. The van der Waals surface area contributed by atoms with Crippen LogP contribution in [0.3, 0.4) is 0 Å². The fourth-order valence-electron chi connectivity index (χ4n) is 4.16. The first kappa shape index (κ1) is 17.4. The lowest BCUT2D eigenvalue weighted by atomic mass is 10.00. The molecule has 1 aliphatic rings. The monoisotopic (exact) mass is 369 g/mol. The normalized spacial score (nSPS) is 17.7. The van der Waals surface area contributed by atoms with Crippen molar-refractivity contribution in [3.05, 3.63) is 69.6 Å². The fourth-order valence-corrected chi connectivity index (χ4v) is 4.28. The predicted molar refractivity (Wildman–Crippen MR) is 107 cm³/mol. The zero-order valence-electron chi connectivity index (χ0n) is 15.2. The summed E-state index contributed by atoms with van der Waals surface area (Å²) in [4.78, 5) is 15.3. The maximum atomic E-state index is 12.8. The van der Waals surface area contributed by atoms with Crippen molar-refractivity contribution in [2.75, 3.05) is 13.1 Å². The van der Waals surface area contributed by atoms with Gasteiger partial charge in [-0.3, -0.25) is 14.0 Å². The second-order valence-corrected chi connectivity index (χ2v) is 7.63. The van der Waals surface area contributed by atoms with Gasteiger partial charge in [-0.15, -0.1) is 0 Å². The summed E-state index contributed by atoms with van der Waals surface area (Å²) in [7, 11) is 1.86. The Morgan fingerprint density at radius 3 is 2.27 bits per heavy atom. The minimum absolute atomic E-state index is 0.0930. The molecule has 5 heteroatoms. The zero-order valence-corrected chi connectivity index (χ0v) is 16.0. The number of hydrogen-bond donors (Lipinski definition) is 0. The van der Waals surface area contributed by atoms with Gasteiger partial charge in [0.15, 0.2) is 0 Å². The van der Waals surface area contributed by atoms with Crippen molar-refractivity contribution in [2.24, 2.45) is 7.05 Å². The van der Waals surface area contributed by atoms with E-state index in [0.29, 0.717) is 6.04 Å². The minimum Gasteiger partial charge on any atom is -0.296 e. The van der Waals surface area contributed by atoms with Gasteiger partial charge < -0.3 is 0 Å². The largest absolute Gasteiger partial charge is 0.329 e. The molecule has 1 atom stereocenters. The lowest BCUT2D eigenvalue weighted by Crippen LogP contribution is -2.38. The van der Waals surface area contributed by atoms with Gasteiger partial charge in [-0.25, -0.2) is 4.79 Å². The molecule has 2 aromatic carbocycles. The number of para-hydroxylation sites is 2. The maximum absolute atomic E-state index is 12.8. The number of aryl methyl sites for hydroxylation is 1. The highest BCUT2D eigenvalue weighted by molar-refractivity contribution is 6.30. The van der Waals surface area contributed by atoms with Crippen LogP contribution in [0.2, 0.25) is 5.02 Å². The van der Waals surface area contributed by atoms with Crippen LogP contribution in [0.15, 0.2) is 53.3 Å². The van der Waals surface area contributed by atoms with Crippen molar-refractivity contribution in [3.8, 4) is 0 Å². The Morgan fingerprint density at radius 1 is 1.00 bits per heavy atom. The number of fused-ring (bicyclic) bond motifs is 1. The number of likely N-dealkylation sites (tertiary alicyclic amines) is 1. The van der Waals surface area contributed by atoms with Gasteiger partial charge in [0.1, 0.15) is 0 Å². The van der Waals surface area contributed by atoms with Gasteiger partial charge in [-0.05, 0) is 49.6 Å². The third-order valence-corrected chi connectivity index (χ3v) is 6.01. The second-order valence-electron chi connectivity index (χ2n) is 7.19. The molecule has 2 heterocycles. The molecule has 0 saturated carbocycles. The average Bonchev–Trinajstić information content (AvgIpc) is 2.93. The van der Waals surface area contributed by atoms with Crippen molar-refractivity contribution in [1.29, 1.82) is 0 Å². The molecule has 0 N–H and O–H groups in total. The topological polar surface area (TPSA) is 30.2 Å². The molecule has 0 bridgehead atoms. The van der Waals surface area contributed by atoms with Crippen LogP contribution in [0.25, 0.3) is 11.0 Å². The predicted octanol–water partition coefficient (Wildman–Crippen LogP) is 4.39. The molecule has 4 rings (SSSR count). The van der Waals surface area contributed by atoms with Gasteiger partial charge >= 0.3 is 5.69 Å². The second kappa shape index (κ2) is 6.93. The molecular weight excluding hydrogens is 346 g/mol. The van der Waals surface area contributed by atoms with E-state index in [1.165, 1.54) is 5.56 Å². The minimum atomic E-state index is 0.0930. The van der Waals surface area contributed by atoms with Gasteiger partial charge in [-0.2, -0.15) is 0 Å². The summed E-state index contributed by atoms with van der Waals surface area (Å²) in [6.07, 6.45) is 1.98. The third-order valence-electron chi connectivity index (χ3n) is 5.76. The van der Waals surface area contributed by atoms with E-state index in [2.05, 4.69) is 30.0 Å². The molecule has 136 valence electrons. The van der Waals surface area contributed by atoms with Crippen molar-refractivity contribution in [3.63, 3.8) is 0 Å². The molecule has 4 nitrogen and oxygen atoms in total. The number of aromatic nitrogens is 2. The van der Waals surface area contributed by atoms with Crippen molar-refractivity contribution in [2.45, 2.75) is 31.8 Å². The number of piperidine rings is 1. The van der Waals surface area contributed by atoms with Gasteiger partial charge in [0.05, 0.1) is 11.0 Å². The molecule has 0 aliphatic carbocycles. The molecule has 0 spiro atoms. The number of imidazole rings is 1. The van der Waals surface area contributed by atoms with Crippen molar-refractivity contribution >= 4 is 22.6 Å². The van der Waals surface area contributed by atoms with E-state index in [-0.39, 0.29) is 11.7 Å². The first-order valence-electron chi connectivity index (χ1n) is 9.21. The van der Waals surface area contributed by atoms with Gasteiger partial charge in [0.25, 0.3) is 0 Å². The molecule has 1 saturated heterocycles. The average molecular weight is 370 g/mol. The van der Waals surface area contributed by atoms with E-state index in [1.54, 1.807) is 4.57 Å². The van der Waals surface area contributed by atoms with Crippen LogP contribution in [-0.2, 0) is 7.05 Å². The van der Waals surface area contributed by atoms with Crippen LogP contribution < -0.4 is 5.69 Å². The van der Waals surface area contributed by atoms with Gasteiger partial charge in [0.2, 0.25) is 0 Å². The fraction of sp³-hybridized carbons (Fsp3) is 0.381. The Balaban J connectivity index is 1.53. The summed E-state index contributed by atoms with van der Waals surface area (Å²) in [5, 5.41) is 0.773. The van der Waals surface area contributed by atoms with Crippen LogP contribution in [-0.4, -0.2) is 27.1 Å². The van der Waals surface area contributed by atoms with Crippen molar-refractivity contribution < 1.29 is 0 Å². The molecule has 1 aromatic heterocycles.